The van der Waals surface area contributed by atoms with E-state index < -0.39 is 0 Å². The van der Waals surface area contributed by atoms with E-state index in [4.69, 9.17) is 27.3 Å². The number of thiocarbonyl (C=S) groups is 1. The maximum Gasteiger partial charge on any atom is 0.158 e. The first-order valence-electron chi connectivity index (χ1n) is 8.20. The fourth-order valence-corrected chi connectivity index (χ4v) is 4.30. The van der Waals surface area contributed by atoms with Gasteiger partial charge in [-0.05, 0) is 60.7 Å². The Morgan fingerprint density at radius 3 is 2.64 bits per heavy atom. The number of ether oxygens (including phenoxy) is 1. The number of aromatic nitrogens is 1. The van der Waals surface area contributed by atoms with E-state index in [9.17, 15) is 0 Å². The van der Waals surface area contributed by atoms with Gasteiger partial charge in [0, 0.05) is 11.3 Å². The molecule has 0 amide bonds. The third kappa shape index (κ3) is 2.98. The van der Waals surface area contributed by atoms with Gasteiger partial charge in [0.1, 0.15) is 10.8 Å². The fourth-order valence-electron chi connectivity index (χ4n) is 3.41. The molecule has 0 bridgehead atoms. The Kier molecular flexibility index (Phi) is 4.35. The number of methoxy groups -OCH3 is 1. The van der Waals surface area contributed by atoms with Crippen LogP contribution >= 0.6 is 24.0 Å². The zero-order chi connectivity index (χ0) is 17.4. The lowest BCUT2D eigenvalue weighted by Gasteiger charge is -2.23. The van der Waals surface area contributed by atoms with Gasteiger partial charge in [-0.3, -0.25) is 16.3 Å². The van der Waals surface area contributed by atoms with Gasteiger partial charge in [-0.2, -0.15) is 0 Å². The molecule has 0 unspecified atom stereocenters. The van der Waals surface area contributed by atoms with E-state index in [2.05, 4.69) is 23.0 Å². The fraction of sp³-hybridized carbons (Fsp3) is 0.278. The highest BCUT2D eigenvalue weighted by Gasteiger charge is 2.27. The van der Waals surface area contributed by atoms with Crippen molar-refractivity contribution < 1.29 is 4.74 Å². The van der Waals surface area contributed by atoms with Crippen molar-refractivity contribution in [2.24, 2.45) is 0 Å². The van der Waals surface area contributed by atoms with Crippen LogP contribution < -0.4 is 15.6 Å². The number of benzene rings is 1. The molecule has 5 nitrogen and oxygen atoms in total. The normalized spacial score (nSPS) is 16.2. The van der Waals surface area contributed by atoms with E-state index in [1.165, 1.54) is 17.3 Å². The van der Waals surface area contributed by atoms with Crippen LogP contribution in [0.25, 0.3) is 11.1 Å². The number of thioether (sulfide) groups is 1. The molecule has 0 spiro atoms. The van der Waals surface area contributed by atoms with E-state index in [0.717, 1.165) is 53.8 Å². The van der Waals surface area contributed by atoms with Crippen molar-refractivity contribution in [1.29, 1.82) is 5.41 Å². The van der Waals surface area contributed by atoms with Crippen LogP contribution in [0.5, 0.6) is 5.75 Å². The molecule has 7 heteroatoms. The molecular weight excluding hydrogens is 352 g/mol. The number of nitrogens with zero attached hydrogens (tertiary/aromatic N) is 1. The zero-order valence-electron chi connectivity index (χ0n) is 13.8. The molecule has 2 heterocycles. The van der Waals surface area contributed by atoms with Gasteiger partial charge in [-0.15, -0.1) is 0 Å². The first kappa shape index (κ1) is 16.4. The molecule has 0 saturated carbocycles. The number of rotatable bonds is 2. The van der Waals surface area contributed by atoms with Crippen LogP contribution in [0.3, 0.4) is 0 Å². The van der Waals surface area contributed by atoms with Gasteiger partial charge >= 0.3 is 0 Å². The number of nitrogens with one attached hydrogen (secondary N) is 3. The Morgan fingerprint density at radius 2 is 1.88 bits per heavy atom. The second kappa shape index (κ2) is 6.65. The monoisotopic (exact) mass is 370 g/mol. The maximum atomic E-state index is 8.56. The lowest BCUT2D eigenvalue weighted by Crippen LogP contribution is -2.25. The summed E-state index contributed by atoms with van der Waals surface area (Å²) in [6.07, 6.45) is 4.27. The second-order valence-corrected chi connectivity index (χ2v) is 7.73. The van der Waals surface area contributed by atoms with E-state index in [-0.39, 0.29) is 0 Å². The van der Waals surface area contributed by atoms with Crippen LogP contribution in [0.1, 0.15) is 29.7 Å². The average Bonchev–Trinajstić information content (AvgIpc) is 2.78. The smallest absolute Gasteiger partial charge is 0.158 e. The minimum atomic E-state index is 0.421. The number of hydrogen-bond acceptors (Lipinski definition) is 6. The number of aryl methyl sites for hydroxylation is 1. The molecule has 1 aromatic heterocycles. The standard InChI is InChI=1S/C18H18N4OS2/c1-23-11-8-6-10(7-9-11)14-12-4-2-3-5-13(12)20-17-15(14)16(19)25-18(24)22-21-17/h6-9,19H,2-5H2,1H3,(H,20,21)(H,22,24). The van der Waals surface area contributed by atoms with Crippen LogP contribution in [0.4, 0.5) is 5.82 Å². The highest BCUT2D eigenvalue weighted by molar-refractivity contribution is 8.33. The van der Waals surface area contributed by atoms with E-state index in [0.29, 0.717) is 15.2 Å². The summed E-state index contributed by atoms with van der Waals surface area (Å²) in [5.41, 5.74) is 11.4. The lowest BCUT2D eigenvalue weighted by molar-refractivity contribution is 0.415. The Labute approximate surface area is 156 Å². The predicted molar refractivity (Wildman–Crippen MR) is 107 cm³/mol. The quantitative estimate of drug-likeness (QED) is 0.697. The molecular formula is C18H18N4OS2. The summed E-state index contributed by atoms with van der Waals surface area (Å²) in [5, 5.41) is 8.98. The van der Waals surface area contributed by atoms with Gasteiger partial charge in [0.2, 0.25) is 0 Å². The van der Waals surface area contributed by atoms with Gasteiger partial charge in [-0.1, -0.05) is 24.4 Å². The second-order valence-electron chi connectivity index (χ2n) is 6.04. The number of fused-ring (bicyclic) bond motifs is 2. The highest BCUT2D eigenvalue weighted by atomic mass is 32.2. The van der Waals surface area contributed by atoms with Gasteiger partial charge in [-0.25, -0.2) is 4.98 Å². The molecule has 0 fully saturated rings. The first-order chi connectivity index (χ1) is 12.2. The van der Waals surface area contributed by atoms with E-state index in [1.807, 2.05) is 12.1 Å². The van der Waals surface area contributed by atoms with Crippen molar-refractivity contribution in [3.05, 3.63) is 41.1 Å². The third-order valence-corrected chi connectivity index (χ3v) is 5.61. The van der Waals surface area contributed by atoms with Crippen LogP contribution in [0, 0.1) is 5.41 Å². The topological polar surface area (TPSA) is 70.0 Å². The number of hydrazine groups is 1. The van der Waals surface area contributed by atoms with Crippen LogP contribution in [0.2, 0.25) is 0 Å². The first-order valence-corrected chi connectivity index (χ1v) is 9.43. The molecule has 0 radical (unpaired) electrons. The van der Waals surface area contributed by atoms with Crippen molar-refractivity contribution >= 4 is 39.2 Å². The molecule has 4 rings (SSSR count). The number of anilines is 1. The number of hydrogen-bond donors (Lipinski definition) is 3. The Morgan fingerprint density at radius 1 is 1.12 bits per heavy atom. The molecule has 0 atom stereocenters. The van der Waals surface area contributed by atoms with Crippen LogP contribution in [-0.4, -0.2) is 21.5 Å². The molecule has 2 aromatic rings. The highest BCUT2D eigenvalue weighted by Crippen LogP contribution is 2.39. The average molecular weight is 371 g/mol. The molecule has 0 saturated heterocycles. The molecule has 1 aliphatic heterocycles. The molecule has 128 valence electrons. The van der Waals surface area contributed by atoms with Crippen molar-refractivity contribution in [3.8, 4) is 16.9 Å². The van der Waals surface area contributed by atoms with Gasteiger partial charge in [0.15, 0.2) is 10.1 Å². The Balaban J connectivity index is 1.96. The third-order valence-electron chi connectivity index (χ3n) is 4.56. The SMILES string of the molecule is COc1ccc(-c2c3c(nc4c2C(=N)SC(=S)NN4)CCCC3)cc1. The summed E-state index contributed by atoms with van der Waals surface area (Å²) in [5.74, 6) is 1.51. The van der Waals surface area contributed by atoms with Gasteiger partial charge in [0.25, 0.3) is 0 Å². The summed E-state index contributed by atoms with van der Waals surface area (Å²) in [7, 11) is 1.66. The zero-order valence-corrected chi connectivity index (χ0v) is 15.4. The van der Waals surface area contributed by atoms with Crippen LogP contribution in [0.15, 0.2) is 24.3 Å². The lowest BCUT2D eigenvalue weighted by atomic mass is 9.86. The van der Waals surface area contributed by atoms with Crippen LogP contribution in [-0.2, 0) is 12.8 Å². The summed E-state index contributed by atoms with van der Waals surface area (Å²) in [6, 6.07) is 8.03. The van der Waals surface area contributed by atoms with Gasteiger partial charge in [0.05, 0.1) is 12.7 Å². The summed E-state index contributed by atoms with van der Waals surface area (Å²) in [6.45, 7) is 0. The molecule has 3 N–H and O–H groups in total. The Bertz CT molecular complexity index is 864. The molecule has 1 aliphatic carbocycles. The van der Waals surface area contributed by atoms with E-state index in [1.54, 1.807) is 7.11 Å². The maximum absolute atomic E-state index is 8.56. The largest absolute Gasteiger partial charge is 0.497 e. The van der Waals surface area contributed by atoms with E-state index >= 15 is 0 Å². The summed E-state index contributed by atoms with van der Waals surface area (Å²) >= 11 is 6.50. The van der Waals surface area contributed by atoms with Crippen molar-refractivity contribution in [3.63, 3.8) is 0 Å². The minimum absolute atomic E-state index is 0.421. The Hall–Kier alpha value is -2.12. The summed E-state index contributed by atoms with van der Waals surface area (Å²) in [4.78, 5) is 4.81. The van der Waals surface area contributed by atoms with Crippen molar-refractivity contribution in [1.82, 2.24) is 10.4 Å². The minimum Gasteiger partial charge on any atom is -0.497 e. The molecule has 2 aliphatic rings. The molecule has 1 aromatic carbocycles. The predicted octanol–water partition coefficient (Wildman–Crippen LogP) is 3.91. The van der Waals surface area contributed by atoms with Crippen molar-refractivity contribution in [2.45, 2.75) is 25.7 Å². The van der Waals surface area contributed by atoms with Crippen molar-refractivity contribution in [2.75, 3.05) is 12.5 Å². The number of pyridine rings is 1. The van der Waals surface area contributed by atoms with Gasteiger partial charge < -0.3 is 4.74 Å². The summed E-state index contributed by atoms with van der Waals surface area (Å²) < 4.78 is 5.82. The molecule has 25 heavy (non-hydrogen) atoms.